The maximum absolute atomic E-state index is 12.1. The van der Waals surface area contributed by atoms with E-state index < -0.39 is 11.9 Å². The van der Waals surface area contributed by atoms with Gasteiger partial charge in [0, 0.05) is 11.8 Å². The van der Waals surface area contributed by atoms with Crippen LogP contribution in [0.5, 0.6) is 0 Å². The summed E-state index contributed by atoms with van der Waals surface area (Å²) in [6, 6.07) is 8.76. The number of carbonyl (C=O) groups is 2. The lowest BCUT2D eigenvalue weighted by Crippen LogP contribution is -2.46. The number of amides is 2. The van der Waals surface area contributed by atoms with E-state index in [-0.39, 0.29) is 12.3 Å². The number of aromatic nitrogens is 1. The standard InChI is InChI=1S/C16H19N3O2S/c1-2-15-18-12(10-22-15)9-14(20)19-13(16(17)21)8-11-6-4-3-5-7-11/h3-7,10,13H,2,8-9H2,1H3,(H2,17,21)(H,19,20). The van der Waals surface area contributed by atoms with Crippen LogP contribution in [0.3, 0.4) is 0 Å². The molecule has 2 rings (SSSR count). The molecule has 116 valence electrons. The molecule has 0 aliphatic rings. The quantitative estimate of drug-likeness (QED) is 0.811. The van der Waals surface area contributed by atoms with E-state index in [4.69, 9.17) is 5.73 Å². The largest absolute Gasteiger partial charge is 0.368 e. The summed E-state index contributed by atoms with van der Waals surface area (Å²) in [6.45, 7) is 2.02. The number of benzene rings is 1. The first-order valence-corrected chi connectivity index (χ1v) is 8.02. The number of nitrogens with two attached hydrogens (primary N) is 1. The molecule has 1 atom stereocenters. The van der Waals surface area contributed by atoms with Crippen LogP contribution in [0.15, 0.2) is 35.7 Å². The van der Waals surface area contributed by atoms with Crippen LogP contribution >= 0.6 is 11.3 Å². The number of nitrogens with zero attached hydrogens (tertiary/aromatic N) is 1. The van der Waals surface area contributed by atoms with E-state index in [1.54, 1.807) is 0 Å². The zero-order valence-corrected chi connectivity index (χ0v) is 13.2. The number of thiazole rings is 1. The molecule has 0 bridgehead atoms. The summed E-state index contributed by atoms with van der Waals surface area (Å²) in [5.74, 6) is -0.780. The Morgan fingerprint density at radius 3 is 2.64 bits per heavy atom. The second-order valence-corrected chi connectivity index (χ2v) is 5.92. The molecule has 5 nitrogen and oxygen atoms in total. The van der Waals surface area contributed by atoms with Crippen molar-refractivity contribution in [3.05, 3.63) is 52.0 Å². The van der Waals surface area contributed by atoms with Crippen LogP contribution in [-0.2, 0) is 28.9 Å². The molecule has 0 saturated carbocycles. The van der Waals surface area contributed by atoms with Crippen LogP contribution in [0.25, 0.3) is 0 Å². The average molecular weight is 317 g/mol. The minimum Gasteiger partial charge on any atom is -0.368 e. The molecule has 1 heterocycles. The normalized spacial score (nSPS) is 11.9. The lowest BCUT2D eigenvalue weighted by Gasteiger charge is -2.15. The van der Waals surface area contributed by atoms with Gasteiger partial charge in [-0.05, 0) is 12.0 Å². The second kappa shape index (κ2) is 7.70. The number of aryl methyl sites for hydroxylation is 1. The second-order valence-electron chi connectivity index (χ2n) is 4.98. The summed E-state index contributed by atoms with van der Waals surface area (Å²) in [7, 11) is 0. The van der Waals surface area contributed by atoms with Crippen molar-refractivity contribution in [1.82, 2.24) is 10.3 Å². The van der Waals surface area contributed by atoms with E-state index in [1.165, 1.54) is 11.3 Å². The lowest BCUT2D eigenvalue weighted by atomic mass is 10.1. The highest BCUT2D eigenvalue weighted by atomic mass is 32.1. The summed E-state index contributed by atoms with van der Waals surface area (Å²) in [5, 5.41) is 5.56. The van der Waals surface area contributed by atoms with Gasteiger partial charge in [0.05, 0.1) is 17.1 Å². The van der Waals surface area contributed by atoms with Gasteiger partial charge in [-0.15, -0.1) is 11.3 Å². The SMILES string of the molecule is CCc1nc(CC(=O)NC(Cc2ccccc2)C(N)=O)cs1. The zero-order valence-electron chi connectivity index (χ0n) is 12.4. The molecule has 0 radical (unpaired) electrons. The Morgan fingerprint density at radius 2 is 2.05 bits per heavy atom. The fraction of sp³-hybridized carbons (Fsp3) is 0.312. The lowest BCUT2D eigenvalue weighted by molar-refractivity contribution is -0.127. The van der Waals surface area contributed by atoms with Gasteiger partial charge in [-0.25, -0.2) is 4.98 Å². The molecule has 2 aromatic rings. The van der Waals surface area contributed by atoms with E-state index in [9.17, 15) is 9.59 Å². The summed E-state index contributed by atoms with van der Waals surface area (Å²) >= 11 is 1.54. The molecule has 0 fully saturated rings. The Hall–Kier alpha value is -2.21. The Kier molecular flexibility index (Phi) is 5.66. The molecule has 0 aliphatic heterocycles. The minimum absolute atomic E-state index is 0.162. The summed E-state index contributed by atoms with van der Waals surface area (Å²) in [4.78, 5) is 27.9. The molecule has 1 unspecified atom stereocenters. The molecule has 3 N–H and O–H groups in total. The van der Waals surface area contributed by atoms with Crippen molar-refractivity contribution in [2.45, 2.75) is 32.2 Å². The highest BCUT2D eigenvalue weighted by molar-refractivity contribution is 7.09. The van der Waals surface area contributed by atoms with Crippen LogP contribution < -0.4 is 11.1 Å². The Labute approximate surface area is 133 Å². The molecule has 22 heavy (non-hydrogen) atoms. The number of rotatable bonds is 7. The first-order chi connectivity index (χ1) is 10.6. The zero-order chi connectivity index (χ0) is 15.9. The monoisotopic (exact) mass is 317 g/mol. The number of hydrogen-bond acceptors (Lipinski definition) is 4. The van der Waals surface area contributed by atoms with Crippen LogP contribution in [-0.4, -0.2) is 22.8 Å². The summed E-state index contributed by atoms with van der Waals surface area (Å²) in [5.41, 5.74) is 7.06. The summed E-state index contributed by atoms with van der Waals surface area (Å²) in [6.07, 6.45) is 1.40. The average Bonchev–Trinajstić information content (AvgIpc) is 2.95. The molecular formula is C16H19N3O2S. The van der Waals surface area contributed by atoms with Gasteiger partial charge >= 0.3 is 0 Å². The van der Waals surface area contributed by atoms with Crippen molar-refractivity contribution in [3.63, 3.8) is 0 Å². The van der Waals surface area contributed by atoms with Gasteiger partial charge in [-0.2, -0.15) is 0 Å². The van der Waals surface area contributed by atoms with E-state index in [0.29, 0.717) is 6.42 Å². The van der Waals surface area contributed by atoms with Crippen molar-refractivity contribution in [2.24, 2.45) is 5.73 Å². The Balaban J connectivity index is 1.95. The highest BCUT2D eigenvalue weighted by Crippen LogP contribution is 2.11. The molecule has 6 heteroatoms. The molecule has 1 aromatic carbocycles. The van der Waals surface area contributed by atoms with Crippen LogP contribution in [0.2, 0.25) is 0 Å². The van der Waals surface area contributed by atoms with Crippen LogP contribution in [0.1, 0.15) is 23.2 Å². The number of primary amides is 1. The first kappa shape index (κ1) is 16.2. The van der Waals surface area contributed by atoms with Gasteiger partial charge in [0.15, 0.2) is 0 Å². The van der Waals surface area contributed by atoms with Crippen molar-refractivity contribution >= 4 is 23.2 Å². The smallest absolute Gasteiger partial charge is 0.240 e. The third-order valence-corrected chi connectivity index (χ3v) is 4.25. The maximum atomic E-state index is 12.1. The number of carbonyl (C=O) groups excluding carboxylic acids is 2. The summed E-state index contributed by atoms with van der Waals surface area (Å²) < 4.78 is 0. The molecule has 0 aliphatic carbocycles. The maximum Gasteiger partial charge on any atom is 0.240 e. The molecular weight excluding hydrogens is 298 g/mol. The third-order valence-electron chi connectivity index (χ3n) is 3.20. The van der Waals surface area contributed by atoms with Gasteiger partial charge in [0.2, 0.25) is 11.8 Å². The fourth-order valence-electron chi connectivity index (χ4n) is 2.07. The molecule has 1 aromatic heterocycles. The van der Waals surface area contributed by atoms with Crippen molar-refractivity contribution in [3.8, 4) is 0 Å². The molecule has 0 spiro atoms. The fourth-order valence-corrected chi connectivity index (χ4v) is 2.82. The third kappa shape index (κ3) is 4.66. The van der Waals surface area contributed by atoms with E-state index >= 15 is 0 Å². The van der Waals surface area contributed by atoms with Crippen LogP contribution in [0, 0.1) is 0 Å². The van der Waals surface area contributed by atoms with Gasteiger partial charge in [-0.1, -0.05) is 37.3 Å². The predicted molar refractivity (Wildman–Crippen MR) is 86.5 cm³/mol. The van der Waals surface area contributed by atoms with Gasteiger partial charge in [0.25, 0.3) is 0 Å². The first-order valence-electron chi connectivity index (χ1n) is 7.14. The van der Waals surface area contributed by atoms with Crippen molar-refractivity contribution < 1.29 is 9.59 Å². The van der Waals surface area contributed by atoms with Crippen molar-refractivity contribution in [2.75, 3.05) is 0 Å². The van der Waals surface area contributed by atoms with Crippen molar-refractivity contribution in [1.29, 1.82) is 0 Å². The highest BCUT2D eigenvalue weighted by Gasteiger charge is 2.19. The van der Waals surface area contributed by atoms with Gasteiger partial charge in [-0.3, -0.25) is 9.59 Å². The van der Waals surface area contributed by atoms with Crippen LogP contribution in [0.4, 0.5) is 0 Å². The minimum atomic E-state index is -0.709. The topological polar surface area (TPSA) is 85.1 Å². The van der Waals surface area contributed by atoms with Gasteiger partial charge in [0.1, 0.15) is 6.04 Å². The number of nitrogens with one attached hydrogen (secondary N) is 1. The van der Waals surface area contributed by atoms with Gasteiger partial charge < -0.3 is 11.1 Å². The van der Waals surface area contributed by atoms with E-state index in [2.05, 4.69) is 10.3 Å². The van der Waals surface area contributed by atoms with E-state index in [0.717, 1.165) is 22.7 Å². The molecule has 2 amide bonds. The Morgan fingerprint density at radius 1 is 1.32 bits per heavy atom. The molecule has 0 saturated heterocycles. The van der Waals surface area contributed by atoms with E-state index in [1.807, 2.05) is 42.6 Å². The predicted octanol–water partition coefficient (Wildman–Crippen LogP) is 1.46. The Bertz CT molecular complexity index is 640. The number of hydrogen-bond donors (Lipinski definition) is 2.